The van der Waals surface area contributed by atoms with E-state index in [1.54, 1.807) is 0 Å². The van der Waals surface area contributed by atoms with Gasteiger partial charge in [-0.1, -0.05) is 11.6 Å². The SMILES string of the molecule is O=C(Nc1ccc(F)cc1C(=O)O)c1cncc(Cl)n1. The van der Waals surface area contributed by atoms with Crippen molar-refractivity contribution in [1.82, 2.24) is 9.97 Å². The molecule has 102 valence electrons. The van der Waals surface area contributed by atoms with Crippen molar-refractivity contribution in [3.63, 3.8) is 0 Å². The molecule has 2 aromatic rings. The van der Waals surface area contributed by atoms with Gasteiger partial charge in [0.25, 0.3) is 5.91 Å². The number of benzene rings is 1. The van der Waals surface area contributed by atoms with Crippen LogP contribution in [0, 0.1) is 5.82 Å². The number of halogens is 2. The molecule has 1 heterocycles. The molecule has 0 fully saturated rings. The first kappa shape index (κ1) is 13.9. The first-order chi connectivity index (χ1) is 9.47. The van der Waals surface area contributed by atoms with Gasteiger partial charge in [0.2, 0.25) is 0 Å². The van der Waals surface area contributed by atoms with Crippen LogP contribution in [-0.4, -0.2) is 27.0 Å². The Kier molecular flexibility index (Phi) is 3.90. The van der Waals surface area contributed by atoms with Crippen molar-refractivity contribution in [2.45, 2.75) is 0 Å². The predicted molar refractivity (Wildman–Crippen MR) is 68.4 cm³/mol. The molecule has 0 spiro atoms. The molecule has 0 bridgehead atoms. The van der Waals surface area contributed by atoms with Crippen LogP contribution < -0.4 is 5.32 Å². The highest BCUT2D eigenvalue weighted by molar-refractivity contribution is 6.29. The summed E-state index contributed by atoms with van der Waals surface area (Å²) in [5.41, 5.74) is -0.503. The van der Waals surface area contributed by atoms with Gasteiger partial charge in [-0.05, 0) is 18.2 Å². The third-order valence-corrected chi connectivity index (χ3v) is 2.48. The summed E-state index contributed by atoms with van der Waals surface area (Å²) in [6, 6.07) is 2.99. The number of carboxylic acids is 1. The van der Waals surface area contributed by atoms with Crippen molar-refractivity contribution < 1.29 is 19.1 Å². The molecule has 2 N–H and O–H groups in total. The van der Waals surface area contributed by atoms with Gasteiger partial charge in [0.05, 0.1) is 23.6 Å². The number of carbonyl (C=O) groups is 2. The number of carbonyl (C=O) groups excluding carboxylic acids is 1. The van der Waals surface area contributed by atoms with E-state index in [1.165, 1.54) is 12.4 Å². The maximum absolute atomic E-state index is 13.0. The van der Waals surface area contributed by atoms with Crippen molar-refractivity contribution in [1.29, 1.82) is 0 Å². The molecular formula is C12H7ClFN3O3. The average molecular weight is 296 g/mol. The van der Waals surface area contributed by atoms with Gasteiger partial charge in [-0.15, -0.1) is 0 Å². The zero-order valence-corrected chi connectivity index (χ0v) is 10.6. The van der Waals surface area contributed by atoms with Crippen molar-refractivity contribution in [3.8, 4) is 0 Å². The zero-order chi connectivity index (χ0) is 14.7. The monoisotopic (exact) mass is 295 g/mol. The molecule has 0 atom stereocenters. The molecule has 0 aliphatic heterocycles. The Hall–Kier alpha value is -2.54. The Morgan fingerprint density at radius 3 is 2.70 bits per heavy atom. The van der Waals surface area contributed by atoms with E-state index < -0.39 is 17.7 Å². The molecule has 6 nitrogen and oxygen atoms in total. The van der Waals surface area contributed by atoms with E-state index in [2.05, 4.69) is 15.3 Å². The Morgan fingerprint density at radius 2 is 2.05 bits per heavy atom. The van der Waals surface area contributed by atoms with Gasteiger partial charge < -0.3 is 10.4 Å². The topological polar surface area (TPSA) is 92.2 Å². The van der Waals surface area contributed by atoms with Crippen LogP contribution in [0.2, 0.25) is 5.15 Å². The number of nitrogens with one attached hydrogen (secondary N) is 1. The average Bonchev–Trinajstić information content (AvgIpc) is 2.40. The van der Waals surface area contributed by atoms with Gasteiger partial charge in [-0.25, -0.2) is 14.2 Å². The Labute approximate surface area is 117 Å². The lowest BCUT2D eigenvalue weighted by molar-refractivity contribution is 0.0697. The molecule has 0 saturated heterocycles. The highest BCUT2D eigenvalue weighted by atomic mass is 35.5. The van der Waals surface area contributed by atoms with Gasteiger partial charge in [0.15, 0.2) is 0 Å². The van der Waals surface area contributed by atoms with Crippen LogP contribution in [-0.2, 0) is 0 Å². The Morgan fingerprint density at radius 1 is 1.30 bits per heavy atom. The van der Waals surface area contributed by atoms with E-state index in [4.69, 9.17) is 16.7 Å². The number of anilines is 1. The summed E-state index contributed by atoms with van der Waals surface area (Å²) in [4.78, 5) is 30.3. The lowest BCUT2D eigenvalue weighted by atomic mass is 10.1. The smallest absolute Gasteiger partial charge is 0.337 e. The summed E-state index contributed by atoms with van der Waals surface area (Å²) in [6.45, 7) is 0. The minimum Gasteiger partial charge on any atom is -0.478 e. The molecule has 20 heavy (non-hydrogen) atoms. The van der Waals surface area contributed by atoms with Crippen LogP contribution in [0.15, 0.2) is 30.6 Å². The maximum Gasteiger partial charge on any atom is 0.337 e. The summed E-state index contributed by atoms with van der Waals surface area (Å²) >= 11 is 5.60. The maximum atomic E-state index is 13.0. The van der Waals surface area contributed by atoms with Crippen molar-refractivity contribution in [2.24, 2.45) is 0 Å². The van der Waals surface area contributed by atoms with E-state index in [0.717, 1.165) is 18.2 Å². The van der Waals surface area contributed by atoms with Gasteiger partial charge in [0, 0.05) is 0 Å². The highest BCUT2D eigenvalue weighted by Gasteiger charge is 2.15. The third-order valence-electron chi connectivity index (χ3n) is 2.30. The fraction of sp³-hybridized carbons (Fsp3) is 0. The first-order valence-corrected chi connectivity index (χ1v) is 5.67. The fourth-order valence-electron chi connectivity index (χ4n) is 1.44. The molecule has 0 unspecified atom stereocenters. The summed E-state index contributed by atoms with van der Waals surface area (Å²) in [5, 5.41) is 11.3. The van der Waals surface area contributed by atoms with Gasteiger partial charge in [0.1, 0.15) is 16.7 Å². The quantitative estimate of drug-likeness (QED) is 0.906. The Bertz CT molecular complexity index is 693. The van der Waals surface area contributed by atoms with E-state index in [-0.39, 0.29) is 22.1 Å². The molecule has 0 aliphatic rings. The molecule has 1 aromatic heterocycles. The number of nitrogens with zero attached hydrogens (tertiary/aromatic N) is 2. The van der Waals surface area contributed by atoms with Crippen molar-refractivity contribution in [2.75, 3.05) is 5.32 Å². The van der Waals surface area contributed by atoms with Crippen LogP contribution in [0.1, 0.15) is 20.8 Å². The highest BCUT2D eigenvalue weighted by Crippen LogP contribution is 2.18. The summed E-state index contributed by atoms with van der Waals surface area (Å²) in [7, 11) is 0. The summed E-state index contributed by atoms with van der Waals surface area (Å²) < 4.78 is 13.0. The molecule has 0 radical (unpaired) electrons. The number of amides is 1. The number of hydrogen-bond acceptors (Lipinski definition) is 4. The van der Waals surface area contributed by atoms with Gasteiger partial charge >= 0.3 is 5.97 Å². The molecule has 1 aromatic carbocycles. The van der Waals surface area contributed by atoms with Gasteiger partial charge in [-0.2, -0.15) is 0 Å². The van der Waals surface area contributed by atoms with Crippen molar-refractivity contribution in [3.05, 3.63) is 52.8 Å². The van der Waals surface area contributed by atoms with Gasteiger partial charge in [-0.3, -0.25) is 9.78 Å². The molecular weight excluding hydrogens is 289 g/mol. The molecule has 0 aliphatic carbocycles. The summed E-state index contributed by atoms with van der Waals surface area (Å²) in [6.07, 6.45) is 2.42. The number of aromatic nitrogens is 2. The van der Waals surface area contributed by atoms with E-state index in [9.17, 15) is 14.0 Å². The second-order valence-electron chi connectivity index (χ2n) is 3.68. The minimum absolute atomic E-state index is 0.0233. The second kappa shape index (κ2) is 5.62. The lowest BCUT2D eigenvalue weighted by Gasteiger charge is -2.08. The first-order valence-electron chi connectivity index (χ1n) is 5.29. The normalized spacial score (nSPS) is 10.1. The van der Waals surface area contributed by atoms with Crippen LogP contribution in [0.3, 0.4) is 0 Å². The fourth-order valence-corrected chi connectivity index (χ4v) is 1.59. The van der Waals surface area contributed by atoms with Crippen LogP contribution in [0.5, 0.6) is 0 Å². The molecule has 0 saturated carbocycles. The zero-order valence-electron chi connectivity index (χ0n) is 9.80. The van der Waals surface area contributed by atoms with E-state index in [1.807, 2.05) is 0 Å². The predicted octanol–water partition coefficient (Wildman–Crippen LogP) is 2.22. The standard InChI is InChI=1S/C12H7ClFN3O3/c13-10-5-15-4-9(16-10)11(18)17-8-2-1-6(14)3-7(8)12(19)20/h1-5H,(H,17,18)(H,19,20). The number of rotatable bonds is 3. The molecule has 8 heteroatoms. The van der Waals surface area contributed by atoms with E-state index in [0.29, 0.717) is 0 Å². The lowest BCUT2D eigenvalue weighted by Crippen LogP contribution is -2.16. The number of hydrogen-bond donors (Lipinski definition) is 2. The van der Waals surface area contributed by atoms with Crippen LogP contribution in [0.4, 0.5) is 10.1 Å². The molecule has 1 amide bonds. The van der Waals surface area contributed by atoms with E-state index >= 15 is 0 Å². The Balaban J connectivity index is 2.30. The third kappa shape index (κ3) is 3.07. The second-order valence-corrected chi connectivity index (χ2v) is 4.06. The van der Waals surface area contributed by atoms with Crippen LogP contribution >= 0.6 is 11.6 Å². The number of carboxylic acid groups (broad SMARTS) is 1. The van der Waals surface area contributed by atoms with Crippen LogP contribution in [0.25, 0.3) is 0 Å². The largest absolute Gasteiger partial charge is 0.478 e. The summed E-state index contributed by atoms with van der Waals surface area (Å²) in [5.74, 6) is -2.78. The van der Waals surface area contributed by atoms with Crippen molar-refractivity contribution >= 4 is 29.2 Å². The minimum atomic E-state index is -1.36. The number of aromatic carboxylic acids is 1. The molecule has 2 rings (SSSR count).